The van der Waals surface area contributed by atoms with E-state index in [2.05, 4.69) is 115 Å². The Bertz CT molecular complexity index is 2820. The summed E-state index contributed by atoms with van der Waals surface area (Å²) in [6.07, 6.45) is 13.2. The topological polar surface area (TPSA) is 56.7 Å². The first-order valence-electron chi connectivity index (χ1n) is 21.2. The van der Waals surface area contributed by atoms with E-state index in [0.717, 1.165) is 92.3 Å². The van der Waals surface area contributed by atoms with Crippen LogP contribution in [0.25, 0.3) is 72.2 Å². The molecule has 0 saturated heterocycles. The van der Waals surface area contributed by atoms with Gasteiger partial charge in [0.25, 0.3) is 0 Å². The molecule has 4 aliphatic rings. The summed E-state index contributed by atoms with van der Waals surface area (Å²) >= 11 is 0. The van der Waals surface area contributed by atoms with E-state index in [-0.39, 0.29) is 10.8 Å². The second kappa shape index (κ2) is 12.1. The summed E-state index contributed by atoms with van der Waals surface area (Å²) in [4.78, 5) is 16.4. The van der Waals surface area contributed by atoms with Crippen molar-refractivity contribution in [2.75, 3.05) is 0 Å². The Hall–Kier alpha value is -5.29. The largest absolute Gasteiger partial charge is 0.456 e. The van der Waals surface area contributed by atoms with Crippen molar-refractivity contribution in [1.29, 1.82) is 0 Å². The highest BCUT2D eigenvalue weighted by Gasteiger charge is 2.45. The van der Waals surface area contributed by atoms with Crippen molar-refractivity contribution >= 4 is 43.7 Å². The zero-order valence-corrected chi connectivity index (χ0v) is 32.5. The standard InChI is InChI=1S/C51H48N4O/c1-50(27-31-14-15-32(24-31)28-50)37-21-18-35(19-22-37)47-52-48(51(2)29-33-16-17-34(25-33)30-51)54-49(53-47)55-42-11-5-3-9-41(42)46-38(10-7-12-43(46)55)36-20-23-40-39-8-4-6-13-44(39)56-45(40)26-36/h3-13,18-23,26,31-34H,14-17,24-25,27-30H2,1-2H3/t31-,32-,33-,34?,51?/m0/s1. The first kappa shape index (κ1) is 32.9. The maximum atomic E-state index is 6.37. The van der Waals surface area contributed by atoms with Gasteiger partial charge < -0.3 is 4.42 Å². The second-order valence-corrected chi connectivity index (χ2v) is 18.7. The lowest BCUT2D eigenvalue weighted by atomic mass is 9.66. The number of benzene rings is 5. The van der Waals surface area contributed by atoms with E-state index in [9.17, 15) is 0 Å². The molecule has 5 atom stereocenters. The van der Waals surface area contributed by atoms with Gasteiger partial charge in [0.2, 0.25) is 5.95 Å². The normalized spacial score (nSPS) is 27.2. The van der Waals surface area contributed by atoms with Crippen LogP contribution in [0.15, 0.2) is 114 Å². The molecule has 4 saturated carbocycles. The average Bonchev–Trinajstić information content (AvgIpc) is 3.98. The highest BCUT2D eigenvalue weighted by Crippen LogP contribution is 2.53. The summed E-state index contributed by atoms with van der Waals surface area (Å²) in [6, 6.07) is 39.7. The molecular weight excluding hydrogens is 685 g/mol. The lowest BCUT2D eigenvalue weighted by molar-refractivity contribution is 0.221. The third-order valence-corrected chi connectivity index (χ3v) is 14.8. The lowest BCUT2D eigenvalue weighted by Crippen LogP contribution is -2.33. The van der Waals surface area contributed by atoms with Crippen molar-refractivity contribution in [2.45, 2.75) is 88.9 Å². The van der Waals surface area contributed by atoms with Crippen LogP contribution in [-0.2, 0) is 10.8 Å². The maximum absolute atomic E-state index is 6.37. The molecule has 3 heterocycles. The van der Waals surface area contributed by atoms with E-state index >= 15 is 0 Å². The molecule has 0 N–H and O–H groups in total. The lowest BCUT2D eigenvalue weighted by Gasteiger charge is -2.38. The van der Waals surface area contributed by atoms with Crippen LogP contribution in [0, 0.1) is 23.7 Å². The minimum Gasteiger partial charge on any atom is -0.456 e. The average molecular weight is 733 g/mol. The molecule has 0 aliphatic heterocycles. The van der Waals surface area contributed by atoms with Crippen LogP contribution in [0.3, 0.4) is 0 Å². The summed E-state index contributed by atoms with van der Waals surface area (Å²) < 4.78 is 8.67. The smallest absolute Gasteiger partial charge is 0.238 e. The Morgan fingerprint density at radius 3 is 1.93 bits per heavy atom. The van der Waals surface area contributed by atoms with Gasteiger partial charge in [-0.2, -0.15) is 9.97 Å². The fourth-order valence-corrected chi connectivity index (χ4v) is 12.5. The first-order valence-corrected chi connectivity index (χ1v) is 21.2. The van der Waals surface area contributed by atoms with Crippen molar-refractivity contribution in [1.82, 2.24) is 19.5 Å². The highest BCUT2D eigenvalue weighted by molar-refractivity contribution is 6.16. The number of para-hydroxylation sites is 2. The molecule has 56 heavy (non-hydrogen) atoms. The molecule has 0 spiro atoms. The van der Waals surface area contributed by atoms with E-state index in [1.807, 2.05) is 12.1 Å². The molecule has 5 nitrogen and oxygen atoms in total. The van der Waals surface area contributed by atoms with E-state index in [4.69, 9.17) is 19.4 Å². The highest BCUT2D eigenvalue weighted by atomic mass is 16.3. The number of furan rings is 1. The molecule has 0 amide bonds. The number of hydrogen-bond acceptors (Lipinski definition) is 4. The predicted molar refractivity (Wildman–Crippen MR) is 227 cm³/mol. The monoisotopic (exact) mass is 732 g/mol. The van der Waals surface area contributed by atoms with Crippen molar-refractivity contribution in [2.24, 2.45) is 23.7 Å². The Labute approximate surface area is 328 Å². The molecule has 5 heteroatoms. The molecule has 3 aromatic heterocycles. The molecule has 0 radical (unpaired) electrons. The molecule has 12 rings (SSSR count). The molecule has 8 aromatic rings. The van der Waals surface area contributed by atoms with E-state index in [1.165, 1.54) is 73.3 Å². The summed E-state index contributed by atoms with van der Waals surface area (Å²) in [7, 11) is 0. The van der Waals surface area contributed by atoms with Gasteiger partial charge in [0.1, 0.15) is 17.0 Å². The number of hydrogen-bond donors (Lipinski definition) is 0. The molecule has 5 aromatic carbocycles. The van der Waals surface area contributed by atoms with Gasteiger partial charge in [0, 0.05) is 32.5 Å². The molecule has 4 aliphatic carbocycles. The number of nitrogens with zero attached hydrogens (tertiary/aromatic N) is 4. The SMILES string of the molecule is CC1(c2ccc(-c3nc(-n4c5ccccc5c5c(-c6ccc7c(c6)oc6ccccc67)cccc54)nc(C4(C)CC5CC[C@@H](C5)C4)n3)cc2)C[C@H]2CC[C@@H](C2)C1. The molecule has 278 valence electrons. The van der Waals surface area contributed by atoms with Gasteiger partial charge in [0.05, 0.1) is 11.0 Å². The van der Waals surface area contributed by atoms with Gasteiger partial charge in [0.15, 0.2) is 5.82 Å². The van der Waals surface area contributed by atoms with Crippen molar-refractivity contribution < 1.29 is 4.42 Å². The third-order valence-electron chi connectivity index (χ3n) is 14.8. The Morgan fingerprint density at radius 2 is 1.18 bits per heavy atom. The summed E-state index contributed by atoms with van der Waals surface area (Å²) in [5.41, 5.74) is 9.04. The van der Waals surface area contributed by atoms with Gasteiger partial charge >= 0.3 is 0 Å². The Balaban J connectivity index is 1.03. The van der Waals surface area contributed by atoms with Gasteiger partial charge in [-0.05, 0) is 115 Å². The fraction of sp³-hybridized carbons (Fsp3) is 0.353. The fourth-order valence-electron chi connectivity index (χ4n) is 12.5. The van der Waals surface area contributed by atoms with Crippen LogP contribution in [0.5, 0.6) is 0 Å². The molecular formula is C51H48N4O. The molecule has 4 bridgehead atoms. The van der Waals surface area contributed by atoms with Crippen LogP contribution in [0.2, 0.25) is 0 Å². The van der Waals surface area contributed by atoms with Crippen molar-refractivity contribution in [3.05, 3.63) is 121 Å². The Kier molecular flexibility index (Phi) is 7.11. The molecule has 4 fully saturated rings. The molecule has 2 unspecified atom stereocenters. The van der Waals surface area contributed by atoms with Gasteiger partial charge in [-0.1, -0.05) is 118 Å². The van der Waals surface area contributed by atoms with Crippen LogP contribution in [0.4, 0.5) is 0 Å². The van der Waals surface area contributed by atoms with Crippen LogP contribution >= 0.6 is 0 Å². The minimum atomic E-state index is -0.0861. The van der Waals surface area contributed by atoms with Gasteiger partial charge in [-0.25, -0.2) is 4.98 Å². The third kappa shape index (κ3) is 5.08. The van der Waals surface area contributed by atoms with Crippen LogP contribution in [0.1, 0.15) is 89.4 Å². The summed E-state index contributed by atoms with van der Waals surface area (Å²) in [5, 5.41) is 4.67. The first-order chi connectivity index (χ1) is 27.4. The van der Waals surface area contributed by atoms with E-state index < -0.39 is 0 Å². The minimum absolute atomic E-state index is 0.0861. The Morgan fingerprint density at radius 1 is 0.554 bits per heavy atom. The van der Waals surface area contributed by atoms with Gasteiger partial charge in [-0.15, -0.1) is 0 Å². The summed E-state index contributed by atoms with van der Waals surface area (Å²) in [6.45, 7) is 4.94. The van der Waals surface area contributed by atoms with Crippen molar-refractivity contribution in [3.8, 4) is 28.5 Å². The zero-order chi connectivity index (χ0) is 37.2. The predicted octanol–water partition coefficient (Wildman–Crippen LogP) is 13.1. The number of fused-ring (bicyclic) bond motifs is 10. The van der Waals surface area contributed by atoms with Gasteiger partial charge in [-0.3, -0.25) is 4.57 Å². The zero-order valence-electron chi connectivity index (χ0n) is 32.5. The second-order valence-electron chi connectivity index (χ2n) is 18.7. The van der Waals surface area contributed by atoms with E-state index in [1.54, 1.807) is 0 Å². The quantitative estimate of drug-likeness (QED) is 0.177. The number of aromatic nitrogens is 4. The van der Waals surface area contributed by atoms with Crippen LogP contribution < -0.4 is 0 Å². The van der Waals surface area contributed by atoms with E-state index in [0.29, 0.717) is 5.95 Å². The summed E-state index contributed by atoms with van der Waals surface area (Å²) in [5.74, 6) is 5.73. The van der Waals surface area contributed by atoms with Crippen LogP contribution in [-0.4, -0.2) is 19.5 Å². The maximum Gasteiger partial charge on any atom is 0.238 e. The van der Waals surface area contributed by atoms with Crippen molar-refractivity contribution in [3.63, 3.8) is 0 Å². The number of rotatable bonds is 5.